The number of hydrogen-bond acceptors (Lipinski definition) is 5. The summed E-state index contributed by atoms with van der Waals surface area (Å²) in [5.41, 5.74) is -0.497. The van der Waals surface area contributed by atoms with Gasteiger partial charge in [-0.2, -0.15) is 0 Å². The van der Waals surface area contributed by atoms with Gasteiger partial charge in [0, 0.05) is 17.1 Å². The number of rotatable bonds is 8. The van der Waals surface area contributed by atoms with Crippen LogP contribution in [0.5, 0.6) is 5.75 Å². The Bertz CT molecular complexity index is 932. The summed E-state index contributed by atoms with van der Waals surface area (Å²) in [7, 11) is 0. The van der Waals surface area contributed by atoms with E-state index in [0.29, 0.717) is 17.5 Å². The van der Waals surface area contributed by atoms with Gasteiger partial charge in [0.05, 0.1) is 0 Å². The molecule has 1 aliphatic rings. The number of phenols is 1. The van der Waals surface area contributed by atoms with Crippen LogP contribution in [0.15, 0.2) is 18.2 Å². The van der Waals surface area contributed by atoms with Crippen LogP contribution in [0.4, 0.5) is 4.79 Å². The lowest BCUT2D eigenvalue weighted by molar-refractivity contribution is -0.149. The molecule has 0 heterocycles. The maximum absolute atomic E-state index is 14.0. The fraction of sp³-hybridized carbons (Fsp3) is 0.679. The number of alkyl carbamates (subject to hydrolysis) is 1. The van der Waals surface area contributed by atoms with E-state index in [1.165, 1.54) is 4.90 Å². The van der Waals surface area contributed by atoms with E-state index in [4.69, 9.17) is 4.74 Å². The van der Waals surface area contributed by atoms with Crippen molar-refractivity contribution >= 4 is 17.9 Å². The van der Waals surface area contributed by atoms with E-state index in [1.54, 1.807) is 52.8 Å². The number of carbonyl (C=O) groups is 3. The van der Waals surface area contributed by atoms with Crippen LogP contribution < -0.4 is 10.6 Å². The summed E-state index contributed by atoms with van der Waals surface area (Å²) >= 11 is 0. The number of hydrogen-bond donors (Lipinski definition) is 3. The second-order valence-electron chi connectivity index (χ2n) is 11.5. The molecule has 2 rings (SSSR count). The van der Waals surface area contributed by atoms with Crippen molar-refractivity contribution in [3.8, 4) is 5.75 Å². The molecule has 3 N–H and O–H groups in total. The van der Waals surface area contributed by atoms with Crippen LogP contribution in [-0.4, -0.2) is 51.1 Å². The van der Waals surface area contributed by atoms with Gasteiger partial charge in [0.25, 0.3) is 0 Å². The highest BCUT2D eigenvalue weighted by molar-refractivity contribution is 5.93. The molecule has 202 valence electrons. The molecule has 0 aromatic heterocycles. The Labute approximate surface area is 216 Å². The van der Waals surface area contributed by atoms with Crippen molar-refractivity contribution in [3.05, 3.63) is 29.3 Å². The van der Waals surface area contributed by atoms with Gasteiger partial charge in [-0.3, -0.25) is 9.59 Å². The van der Waals surface area contributed by atoms with Crippen LogP contribution in [0.1, 0.15) is 104 Å². The van der Waals surface area contributed by atoms with Gasteiger partial charge in [-0.05, 0) is 73.3 Å². The lowest BCUT2D eigenvalue weighted by atomic mass is 9.90. The maximum atomic E-state index is 14.0. The summed E-state index contributed by atoms with van der Waals surface area (Å²) in [6.45, 7) is 14.3. The molecule has 0 radical (unpaired) electrons. The normalized spacial score (nSPS) is 16.6. The van der Waals surface area contributed by atoms with Crippen LogP contribution in [0.3, 0.4) is 0 Å². The molecule has 1 aromatic rings. The van der Waals surface area contributed by atoms with E-state index < -0.39 is 35.2 Å². The average Bonchev–Trinajstić information content (AvgIpc) is 2.78. The first-order valence-corrected chi connectivity index (χ1v) is 13.1. The zero-order valence-corrected chi connectivity index (χ0v) is 23.2. The first kappa shape index (κ1) is 29.5. The number of benzene rings is 1. The van der Waals surface area contributed by atoms with E-state index in [-0.39, 0.29) is 17.7 Å². The highest BCUT2D eigenvalue weighted by atomic mass is 16.6. The van der Waals surface area contributed by atoms with Gasteiger partial charge < -0.3 is 25.4 Å². The molecular formula is C28H45N3O5. The third kappa shape index (κ3) is 7.61. The zero-order chi connectivity index (χ0) is 27.3. The number of para-hydroxylation sites is 1. The Morgan fingerprint density at radius 1 is 1.11 bits per heavy atom. The van der Waals surface area contributed by atoms with Crippen LogP contribution in [0.25, 0.3) is 0 Å². The molecule has 0 aliphatic heterocycles. The first-order chi connectivity index (χ1) is 16.7. The molecule has 2 unspecified atom stereocenters. The van der Waals surface area contributed by atoms with Crippen molar-refractivity contribution < 1.29 is 24.2 Å². The van der Waals surface area contributed by atoms with Gasteiger partial charge in [-0.15, -0.1) is 0 Å². The second-order valence-corrected chi connectivity index (χ2v) is 11.5. The SMILES string of the molecule is CCC(C)(C)N(C(=O)C(C)NC(=O)OC(C)(C)C)C(C(=O)NC1CCCCC1)c1cccc(C)c1O. The van der Waals surface area contributed by atoms with Crippen LogP contribution in [-0.2, 0) is 14.3 Å². The molecule has 36 heavy (non-hydrogen) atoms. The number of nitrogens with zero attached hydrogens (tertiary/aromatic N) is 1. The molecule has 3 amide bonds. The van der Waals surface area contributed by atoms with Crippen molar-refractivity contribution in [1.82, 2.24) is 15.5 Å². The number of ether oxygens (including phenoxy) is 1. The standard InChI is InChI=1S/C28H45N3O5/c1-9-28(7,8)31(25(34)19(3)29-26(35)36-27(4,5)6)22(21-17-13-14-18(2)23(21)32)24(33)30-20-15-11-10-12-16-20/h13-14,17,19-20,22,32H,9-12,15-16H2,1-8H3,(H,29,35)(H,30,33). The van der Waals surface area contributed by atoms with E-state index >= 15 is 0 Å². The van der Waals surface area contributed by atoms with E-state index in [1.807, 2.05) is 20.8 Å². The number of phenolic OH excluding ortho intramolecular Hbond substituents is 1. The van der Waals surface area contributed by atoms with Gasteiger partial charge in [0.1, 0.15) is 23.4 Å². The van der Waals surface area contributed by atoms with Gasteiger partial charge in [0.2, 0.25) is 11.8 Å². The molecule has 1 fully saturated rings. The van der Waals surface area contributed by atoms with Gasteiger partial charge in [0.15, 0.2) is 0 Å². The third-order valence-electron chi connectivity index (χ3n) is 6.88. The van der Waals surface area contributed by atoms with Gasteiger partial charge in [-0.1, -0.05) is 44.4 Å². The summed E-state index contributed by atoms with van der Waals surface area (Å²) in [5.74, 6) is -0.779. The summed E-state index contributed by atoms with van der Waals surface area (Å²) in [5, 5.41) is 16.8. The van der Waals surface area contributed by atoms with Crippen molar-refractivity contribution in [3.63, 3.8) is 0 Å². The summed E-state index contributed by atoms with van der Waals surface area (Å²) in [6.07, 6.45) is 4.86. The predicted molar refractivity (Wildman–Crippen MR) is 141 cm³/mol. The van der Waals surface area contributed by atoms with Gasteiger partial charge >= 0.3 is 6.09 Å². The fourth-order valence-electron chi connectivity index (χ4n) is 4.53. The number of carbonyl (C=O) groups excluding carboxylic acids is 3. The lowest BCUT2D eigenvalue weighted by Gasteiger charge is -2.44. The third-order valence-corrected chi connectivity index (χ3v) is 6.88. The molecule has 0 spiro atoms. The van der Waals surface area contributed by atoms with Crippen LogP contribution in [0.2, 0.25) is 0 Å². The van der Waals surface area contributed by atoms with Gasteiger partial charge in [-0.25, -0.2) is 4.79 Å². The maximum Gasteiger partial charge on any atom is 0.408 e. The minimum Gasteiger partial charge on any atom is -0.507 e. The molecule has 0 saturated heterocycles. The molecule has 2 atom stereocenters. The van der Waals surface area contributed by atoms with E-state index in [9.17, 15) is 19.5 Å². The highest BCUT2D eigenvalue weighted by Gasteiger charge is 2.43. The number of amides is 3. The summed E-state index contributed by atoms with van der Waals surface area (Å²) in [4.78, 5) is 41.8. The Kier molecular flexibility index (Phi) is 9.80. The number of aryl methyl sites for hydroxylation is 1. The quantitative estimate of drug-likeness (QED) is 0.456. The molecular weight excluding hydrogens is 458 g/mol. The van der Waals surface area contributed by atoms with Crippen LogP contribution >= 0.6 is 0 Å². The Morgan fingerprint density at radius 3 is 2.28 bits per heavy atom. The molecule has 1 saturated carbocycles. The topological polar surface area (TPSA) is 108 Å². The molecule has 1 aromatic carbocycles. The van der Waals surface area contributed by atoms with E-state index in [0.717, 1.165) is 32.1 Å². The molecule has 8 nitrogen and oxygen atoms in total. The minimum atomic E-state index is -1.07. The zero-order valence-electron chi connectivity index (χ0n) is 23.2. The van der Waals surface area contributed by atoms with Crippen molar-refractivity contribution in [2.75, 3.05) is 0 Å². The molecule has 8 heteroatoms. The monoisotopic (exact) mass is 503 g/mol. The van der Waals surface area contributed by atoms with Crippen LogP contribution in [0, 0.1) is 6.92 Å². The van der Waals surface area contributed by atoms with Crippen molar-refractivity contribution in [2.45, 2.75) is 123 Å². The predicted octanol–water partition coefficient (Wildman–Crippen LogP) is 5.12. The number of aromatic hydroxyl groups is 1. The Morgan fingerprint density at radius 2 is 1.72 bits per heavy atom. The Balaban J connectivity index is 2.51. The highest BCUT2D eigenvalue weighted by Crippen LogP contribution is 2.37. The lowest BCUT2D eigenvalue weighted by Crippen LogP contribution is -2.59. The van der Waals surface area contributed by atoms with E-state index in [2.05, 4.69) is 10.6 Å². The smallest absolute Gasteiger partial charge is 0.408 e. The largest absolute Gasteiger partial charge is 0.507 e. The first-order valence-electron chi connectivity index (χ1n) is 13.1. The molecule has 0 bridgehead atoms. The van der Waals surface area contributed by atoms with Crippen molar-refractivity contribution in [1.29, 1.82) is 0 Å². The fourth-order valence-corrected chi connectivity index (χ4v) is 4.53. The average molecular weight is 504 g/mol. The summed E-state index contributed by atoms with van der Waals surface area (Å²) < 4.78 is 5.34. The summed E-state index contributed by atoms with van der Waals surface area (Å²) in [6, 6.07) is 3.22. The Hall–Kier alpha value is -2.77. The van der Waals surface area contributed by atoms with Crippen molar-refractivity contribution in [2.24, 2.45) is 0 Å². The molecule has 1 aliphatic carbocycles. The number of nitrogens with one attached hydrogen (secondary N) is 2. The second kappa shape index (κ2) is 12.0. The minimum absolute atomic E-state index is 0.0150.